The van der Waals surface area contributed by atoms with Gasteiger partial charge in [0, 0.05) is 51.1 Å². The van der Waals surface area contributed by atoms with Gasteiger partial charge in [-0.2, -0.15) is 0 Å². The fourth-order valence-corrected chi connectivity index (χ4v) is 2.33. The van der Waals surface area contributed by atoms with E-state index in [0.29, 0.717) is 18.7 Å². The summed E-state index contributed by atoms with van der Waals surface area (Å²) in [4.78, 5) is 28.0. The largest absolute Gasteiger partial charge is 0.332 e. The Morgan fingerprint density at radius 2 is 2.16 bits per heavy atom. The van der Waals surface area contributed by atoms with Gasteiger partial charge in [0.1, 0.15) is 0 Å². The van der Waals surface area contributed by atoms with Crippen molar-refractivity contribution in [3.63, 3.8) is 0 Å². The van der Waals surface area contributed by atoms with Crippen LogP contribution in [0.4, 0.5) is 0 Å². The quantitative estimate of drug-likeness (QED) is 0.751. The summed E-state index contributed by atoms with van der Waals surface area (Å²) in [6.07, 6.45) is 1.61. The van der Waals surface area contributed by atoms with E-state index in [-0.39, 0.29) is 17.5 Å². The summed E-state index contributed by atoms with van der Waals surface area (Å²) in [5.74, 6) is -0.110. The number of aromatic nitrogens is 1. The number of pyridine rings is 1. The molecule has 1 unspecified atom stereocenters. The van der Waals surface area contributed by atoms with E-state index in [1.165, 1.54) is 10.6 Å². The molecule has 1 aliphatic heterocycles. The molecule has 1 amide bonds. The lowest BCUT2D eigenvalue weighted by atomic mass is 10.1. The number of hydrogen-bond acceptors (Lipinski definition) is 4. The smallest absolute Gasteiger partial charge is 0.254 e. The normalized spacial score (nSPS) is 20.6. The van der Waals surface area contributed by atoms with Crippen LogP contribution in [0.2, 0.25) is 0 Å². The van der Waals surface area contributed by atoms with Gasteiger partial charge in [0.15, 0.2) is 0 Å². The van der Waals surface area contributed by atoms with E-state index >= 15 is 0 Å². The van der Waals surface area contributed by atoms with Crippen LogP contribution in [0.25, 0.3) is 0 Å². The minimum Gasteiger partial charge on any atom is -0.332 e. The van der Waals surface area contributed by atoms with Crippen molar-refractivity contribution in [3.05, 3.63) is 34.2 Å². The predicted octanol–water partition coefficient (Wildman–Crippen LogP) is -0.900. The van der Waals surface area contributed by atoms with Gasteiger partial charge >= 0.3 is 0 Å². The monoisotopic (exact) mass is 264 g/mol. The summed E-state index contributed by atoms with van der Waals surface area (Å²) in [5.41, 5.74) is 6.00. The molecule has 1 aliphatic rings. The molecule has 0 bridgehead atoms. The third-order valence-electron chi connectivity index (χ3n) is 3.57. The molecule has 0 saturated carbocycles. The molecule has 1 fully saturated rings. The number of hydrogen-bond donors (Lipinski definition) is 1. The van der Waals surface area contributed by atoms with Crippen molar-refractivity contribution in [1.82, 2.24) is 14.4 Å². The molecular formula is C13H20N4O2. The molecule has 0 radical (unpaired) electrons. The Hall–Kier alpha value is -1.66. The molecular weight excluding hydrogens is 244 g/mol. The number of carbonyl (C=O) groups excluding carboxylic acids is 1. The minimum atomic E-state index is -0.177. The first-order valence-electron chi connectivity index (χ1n) is 6.39. The average Bonchev–Trinajstić information content (AvgIpc) is 2.41. The third-order valence-corrected chi connectivity index (χ3v) is 3.57. The van der Waals surface area contributed by atoms with Crippen molar-refractivity contribution in [1.29, 1.82) is 0 Å². The van der Waals surface area contributed by atoms with Gasteiger partial charge in [0.25, 0.3) is 11.5 Å². The van der Waals surface area contributed by atoms with E-state index in [0.717, 1.165) is 13.1 Å². The van der Waals surface area contributed by atoms with E-state index in [1.807, 2.05) is 7.05 Å². The molecule has 2 rings (SSSR count). The average molecular weight is 264 g/mol. The summed E-state index contributed by atoms with van der Waals surface area (Å²) < 4.78 is 1.45. The first-order valence-corrected chi connectivity index (χ1v) is 6.39. The number of aryl methyl sites for hydroxylation is 1. The lowest BCUT2D eigenvalue weighted by molar-refractivity contribution is 0.0515. The summed E-state index contributed by atoms with van der Waals surface area (Å²) >= 11 is 0. The van der Waals surface area contributed by atoms with Crippen LogP contribution in [0, 0.1) is 0 Å². The van der Waals surface area contributed by atoms with Crippen molar-refractivity contribution < 1.29 is 4.79 Å². The van der Waals surface area contributed by atoms with Crippen molar-refractivity contribution in [3.8, 4) is 0 Å². The van der Waals surface area contributed by atoms with Crippen LogP contribution in [0.1, 0.15) is 10.4 Å². The number of carbonyl (C=O) groups is 1. The highest BCUT2D eigenvalue weighted by atomic mass is 16.2. The molecule has 0 spiro atoms. The Balaban J connectivity index is 2.22. The highest BCUT2D eigenvalue weighted by molar-refractivity contribution is 5.94. The molecule has 0 aromatic carbocycles. The third kappa shape index (κ3) is 2.85. The molecule has 1 atom stereocenters. The Kier molecular flexibility index (Phi) is 4.01. The molecule has 0 aliphatic carbocycles. The fraction of sp³-hybridized carbons (Fsp3) is 0.538. The van der Waals surface area contributed by atoms with Gasteiger partial charge in [0.05, 0.1) is 6.04 Å². The lowest BCUT2D eigenvalue weighted by Crippen LogP contribution is -2.56. The number of amides is 1. The molecule has 1 aromatic heterocycles. The van der Waals surface area contributed by atoms with Crippen LogP contribution in [0.15, 0.2) is 23.1 Å². The van der Waals surface area contributed by atoms with Gasteiger partial charge in [-0.1, -0.05) is 0 Å². The Morgan fingerprint density at radius 1 is 1.42 bits per heavy atom. The molecule has 1 saturated heterocycles. The SMILES string of the molecule is CN1CCN(C(=O)c2ccn(C)c(=O)c2)C(CN)C1. The second-order valence-corrected chi connectivity index (χ2v) is 5.01. The van der Waals surface area contributed by atoms with E-state index in [4.69, 9.17) is 5.73 Å². The van der Waals surface area contributed by atoms with Crippen molar-refractivity contribution >= 4 is 5.91 Å². The highest BCUT2D eigenvalue weighted by Gasteiger charge is 2.28. The van der Waals surface area contributed by atoms with Crippen LogP contribution in [-0.4, -0.2) is 59.5 Å². The maximum Gasteiger partial charge on any atom is 0.254 e. The fourth-order valence-electron chi connectivity index (χ4n) is 2.33. The topological polar surface area (TPSA) is 71.6 Å². The van der Waals surface area contributed by atoms with Crippen LogP contribution in [0.5, 0.6) is 0 Å². The summed E-state index contributed by atoms with van der Waals surface area (Å²) in [6.45, 7) is 2.67. The Labute approximate surface area is 112 Å². The van der Waals surface area contributed by atoms with E-state index in [1.54, 1.807) is 24.2 Å². The molecule has 2 N–H and O–H groups in total. The number of piperazine rings is 1. The maximum atomic E-state index is 12.4. The van der Waals surface area contributed by atoms with E-state index < -0.39 is 0 Å². The molecule has 6 nitrogen and oxygen atoms in total. The summed E-state index contributed by atoms with van der Waals surface area (Å²) in [7, 11) is 3.68. The predicted molar refractivity (Wildman–Crippen MR) is 73.1 cm³/mol. The van der Waals surface area contributed by atoms with Gasteiger partial charge in [-0.05, 0) is 13.1 Å². The van der Waals surface area contributed by atoms with Crippen LogP contribution >= 0.6 is 0 Å². The van der Waals surface area contributed by atoms with Crippen LogP contribution in [0.3, 0.4) is 0 Å². The van der Waals surface area contributed by atoms with Crippen molar-refractivity contribution in [2.24, 2.45) is 12.8 Å². The van der Waals surface area contributed by atoms with Gasteiger partial charge in [0.2, 0.25) is 0 Å². The zero-order valence-electron chi connectivity index (χ0n) is 11.4. The number of nitrogens with zero attached hydrogens (tertiary/aromatic N) is 3. The summed E-state index contributed by atoms with van der Waals surface area (Å²) in [6, 6.07) is 3.07. The van der Waals surface area contributed by atoms with Crippen LogP contribution in [-0.2, 0) is 7.05 Å². The van der Waals surface area contributed by atoms with Crippen molar-refractivity contribution in [2.45, 2.75) is 6.04 Å². The van der Waals surface area contributed by atoms with Crippen molar-refractivity contribution in [2.75, 3.05) is 33.2 Å². The van der Waals surface area contributed by atoms with E-state index in [9.17, 15) is 9.59 Å². The molecule has 6 heteroatoms. The lowest BCUT2D eigenvalue weighted by Gasteiger charge is -2.39. The van der Waals surface area contributed by atoms with Gasteiger partial charge < -0.3 is 20.1 Å². The standard InChI is InChI=1S/C13H20N4O2/c1-15-5-6-17(11(8-14)9-15)13(19)10-3-4-16(2)12(18)7-10/h3-4,7,11H,5-6,8-9,14H2,1-2H3. The number of likely N-dealkylation sites (N-methyl/N-ethyl adjacent to an activating group) is 1. The first kappa shape index (κ1) is 13.8. The zero-order valence-corrected chi connectivity index (χ0v) is 11.4. The van der Waals surface area contributed by atoms with Gasteiger partial charge in [-0.3, -0.25) is 9.59 Å². The molecule has 2 heterocycles. The minimum absolute atomic E-state index is 0.00954. The Bertz CT molecular complexity index is 526. The molecule has 19 heavy (non-hydrogen) atoms. The van der Waals surface area contributed by atoms with Gasteiger partial charge in [-0.15, -0.1) is 0 Å². The van der Waals surface area contributed by atoms with E-state index in [2.05, 4.69) is 4.90 Å². The summed E-state index contributed by atoms with van der Waals surface area (Å²) in [5, 5.41) is 0. The highest BCUT2D eigenvalue weighted by Crippen LogP contribution is 2.11. The van der Waals surface area contributed by atoms with Gasteiger partial charge in [-0.25, -0.2) is 0 Å². The zero-order chi connectivity index (χ0) is 14.0. The molecule has 1 aromatic rings. The van der Waals surface area contributed by atoms with Crippen LogP contribution < -0.4 is 11.3 Å². The number of rotatable bonds is 2. The molecule has 104 valence electrons. The first-order chi connectivity index (χ1) is 9.02. The Morgan fingerprint density at radius 3 is 2.79 bits per heavy atom. The maximum absolute atomic E-state index is 12.4. The second kappa shape index (κ2) is 5.54. The second-order valence-electron chi connectivity index (χ2n) is 5.01. The number of nitrogens with two attached hydrogens (primary N) is 1.